The van der Waals surface area contributed by atoms with Crippen LogP contribution in [0.3, 0.4) is 0 Å². The molecule has 0 aliphatic heterocycles. The molecule has 0 bridgehead atoms. The van der Waals surface area contributed by atoms with E-state index in [0.717, 1.165) is 43.8 Å². The summed E-state index contributed by atoms with van der Waals surface area (Å²) in [5, 5.41) is 13.2. The topological polar surface area (TPSA) is 66.4 Å². The van der Waals surface area contributed by atoms with Crippen LogP contribution in [0.4, 0.5) is 0 Å². The highest BCUT2D eigenvalue weighted by atomic mass is 32.2. The number of rotatable bonds is 5. The molecule has 2 saturated carbocycles. The van der Waals surface area contributed by atoms with E-state index >= 15 is 0 Å². The van der Waals surface area contributed by atoms with Gasteiger partial charge in [0, 0.05) is 17.7 Å². The minimum absolute atomic E-state index is 0.0677. The van der Waals surface area contributed by atoms with E-state index < -0.39 is 11.4 Å². The molecule has 5 heteroatoms. The maximum atomic E-state index is 12.1. The molecule has 0 aromatic carbocycles. The Labute approximate surface area is 125 Å². The van der Waals surface area contributed by atoms with Gasteiger partial charge in [-0.25, -0.2) is 0 Å². The van der Waals surface area contributed by atoms with E-state index in [4.69, 9.17) is 0 Å². The standard InChI is InChI=1S/C15H25NO3S/c1-20-12-6-4-11(5-7-12)16-13(17)10-15(14(18)19)8-2-3-9-15/h11-12H,2-10H2,1H3,(H,16,17)(H,18,19). The fourth-order valence-corrected chi connectivity index (χ4v) is 4.29. The molecule has 114 valence electrons. The van der Waals surface area contributed by atoms with E-state index in [1.807, 2.05) is 11.8 Å². The van der Waals surface area contributed by atoms with Crippen molar-refractivity contribution in [2.75, 3.05) is 6.26 Å². The zero-order chi connectivity index (χ0) is 14.6. The van der Waals surface area contributed by atoms with Crippen LogP contribution in [0.5, 0.6) is 0 Å². The van der Waals surface area contributed by atoms with Crippen LogP contribution in [0, 0.1) is 5.41 Å². The molecule has 4 nitrogen and oxygen atoms in total. The normalized spacial score (nSPS) is 29.1. The molecule has 2 N–H and O–H groups in total. The highest BCUT2D eigenvalue weighted by Gasteiger charge is 2.43. The number of nitrogens with one attached hydrogen (secondary N) is 1. The molecule has 2 aliphatic carbocycles. The third-order valence-electron chi connectivity index (χ3n) is 4.89. The number of hydrogen-bond donors (Lipinski definition) is 2. The molecule has 1 amide bonds. The van der Waals surface area contributed by atoms with Crippen molar-refractivity contribution in [2.24, 2.45) is 5.41 Å². The highest BCUT2D eigenvalue weighted by Crippen LogP contribution is 2.41. The minimum Gasteiger partial charge on any atom is -0.481 e. The van der Waals surface area contributed by atoms with Gasteiger partial charge in [-0.05, 0) is 44.8 Å². The fourth-order valence-electron chi connectivity index (χ4n) is 3.55. The van der Waals surface area contributed by atoms with Crippen molar-refractivity contribution in [1.82, 2.24) is 5.32 Å². The zero-order valence-electron chi connectivity index (χ0n) is 12.2. The average molecular weight is 299 g/mol. The molecule has 0 aromatic heterocycles. The lowest BCUT2D eigenvalue weighted by Gasteiger charge is -2.29. The van der Waals surface area contributed by atoms with Gasteiger partial charge in [-0.2, -0.15) is 11.8 Å². The van der Waals surface area contributed by atoms with Crippen molar-refractivity contribution in [3.05, 3.63) is 0 Å². The van der Waals surface area contributed by atoms with Gasteiger partial charge in [0.25, 0.3) is 0 Å². The summed E-state index contributed by atoms with van der Waals surface area (Å²) in [4.78, 5) is 23.6. The Balaban J connectivity index is 1.82. The molecule has 2 fully saturated rings. The second kappa shape index (κ2) is 6.83. The van der Waals surface area contributed by atoms with Crippen LogP contribution in [0.1, 0.15) is 57.8 Å². The van der Waals surface area contributed by atoms with Crippen LogP contribution in [0.25, 0.3) is 0 Å². The molecular weight excluding hydrogens is 274 g/mol. The van der Waals surface area contributed by atoms with Gasteiger partial charge in [0.05, 0.1) is 5.41 Å². The summed E-state index contributed by atoms with van der Waals surface area (Å²) in [5.41, 5.74) is -0.791. The Kier molecular flexibility index (Phi) is 5.35. The molecule has 0 aromatic rings. The summed E-state index contributed by atoms with van der Waals surface area (Å²) in [7, 11) is 0. The summed E-state index contributed by atoms with van der Waals surface area (Å²) in [6, 6.07) is 0.248. The van der Waals surface area contributed by atoms with E-state index in [9.17, 15) is 14.7 Å². The first kappa shape index (κ1) is 15.7. The number of carboxylic acids is 1. The Morgan fingerprint density at radius 1 is 1.20 bits per heavy atom. The van der Waals surface area contributed by atoms with Gasteiger partial charge in [-0.1, -0.05) is 12.8 Å². The second-order valence-electron chi connectivity index (χ2n) is 6.25. The van der Waals surface area contributed by atoms with Crippen LogP contribution in [-0.2, 0) is 9.59 Å². The third-order valence-corrected chi connectivity index (χ3v) is 6.02. The number of amides is 1. The summed E-state index contributed by atoms with van der Waals surface area (Å²) in [6.45, 7) is 0. The van der Waals surface area contributed by atoms with Crippen LogP contribution in [-0.4, -0.2) is 34.5 Å². The summed E-state index contributed by atoms with van der Waals surface area (Å²) in [6.07, 6.45) is 9.80. The number of carbonyl (C=O) groups is 2. The first-order valence-electron chi connectivity index (χ1n) is 7.61. The average Bonchev–Trinajstić information content (AvgIpc) is 2.89. The van der Waals surface area contributed by atoms with Gasteiger partial charge in [-0.15, -0.1) is 0 Å². The first-order chi connectivity index (χ1) is 9.55. The Hall–Kier alpha value is -0.710. The quantitative estimate of drug-likeness (QED) is 0.819. The van der Waals surface area contributed by atoms with Crippen molar-refractivity contribution < 1.29 is 14.7 Å². The zero-order valence-corrected chi connectivity index (χ0v) is 13.0. The highest BCUT2D eigenvalue weighted by molar-refractivity contribution is 7.99. The Bertz CT molecular complexity index is 358. The van der Waals surface area contributed by atoms with Gasteiger partial charge < -0.3 is 10.4 Å². The lowest BCUT2D eigenvalue weighted by molar-refractivity contribution is -0.151. The molecule has 0 heterocycles. The van der Waals surface area contributed by atoms with E-state index in [2.05, 4.69) is 11.6 Å². The number of carboxylic acid groups (broad SMARTS) is 1. The van der Waals surface area contributed by atoms with Gasteiger partial charge >= 0.3 is 5.97 Å². The van der Waals surface area contributed by atoms with Gasteiger partial charge in [-0.3, -0.25) is 9.59 Å². The number of hydrogen-bond acceptors (Lipinski definition) is 3. The lowest BCUT2D eigenvalue weighted by atomic mass is 9.82. The molecule has 2 rings (SSSR count). The lowest BCUT2D eigenvalue weighted by Crippen LogP contribution is -2.42. The molecule has 0 unspecified atom stereocenters. The van der Waals surface area contributed by atoms with E-state index in [1.54, 1.807) is 0 Å². The SMILES string of the molecule is CSC1CCC(NC(=O)CC2(C(=O)O)CCCC2)CC1. The molecular formula is C15H25NO3S. The van der Waals surface area contributed by atoms with Crippen LogP contribution < -0.4 is 5.32 Å². The second-order valence-corrected chi connectivity index (χ2v) is 7.38. The maximum absolute atomic E-state index is 12.1. The largest absolute Gasteiger partial charge is 0.481 e. The molecule has 0 spiro atoms. The fraction of sp³-hybridized carbons (Fsp3) is 0.867. The number of aliphatic carboxylic acids is 1. The van der Waals surface area contributed by atoms with E-state index in [0.29, 0.717) is 12.8 Å². The Morgan fingerprint density at radius 2 is 1.80 bits per heavy atom. The molecule has 0 saturated heterocycles. The van der Waals surface area contributed by atoms with Crippen molar-refractivity contribution in [3.63, 3.8) is 0 Å². The number of thioether (sulfide) groups is 1. The van der Waals surface area contributed by atoms with Crippen molar-refractivity contribution in [2.45, 2.75) is 69.1 Å². The predicted octanol–water partition coefficient (Wildman–Crippen LogP) is 2.81. The van der Waals surface area contributed by atoms with Gasteiger partial charge in [0.15, 0.2) is 0 Å². The van der Waals surface area contributed by atoms with E-state index in [1.165, 1.54) is 0 Å². The maximum Gasteiger partial charge on any atom is 0.310 e. The van der Waals surface area contributed by atoms with Crippen LogP contribution in [0.2, 0.25) is 0 Å². The predicted molar refractivity (Wildman–Crippen MR) is 80.9 cm³/mol. The molecule has 20 heavy (non-hydrogen) atoms. The van der Waals surface area contributed by atoms with Crippen LogP contribution in [0.15, 0.2) is 0 Å². The smallest absolute Gasteiger partial charge is 0.310 e. The van der Waals surface area contributed by atoms with Crippen molar-refractivity contribution in [1.29, 1.82) is 0 Å². The minimum atomic E-state index is -0.795. The monoisotopic (exact) mass is 299 g/mol. The number of carbonyl (C=O) groups excluding carboxylic acids is 1. The van der Waals surface area contributed by atoms with Gasteiger partial charge in [0.2, 0.25) is 5.91 Å². The molecule has 0 atom stereocenters. The first-order valence-corrected chi connectivity index (χ1v) is 8.90. The summed E-state index contributed by atoms with van der Waals surface area (Å²) in [5.74, 6) is -0.863. The summed E-state index contributed by atoms with van der Waals surface area (Å²) >= 11 is 1.91. The molecule has 2 aliphatic rings. The third kappa shape index (κ3) is 3.68. The van der Waals surface area contributed by atoms with E-state index in [-0.39, 0.29) is 18.4 Å². The summed E-state index contributed by atoms with van der Waals surface area (Å²) < 4.78 is 0. The Morgan fingerprint density at radius 3 is 2.30 bits per heavy atom. The van der Waals surface area contributed by atoms with Crippen molar-refractivity contribution >= 4 is 23.6 Å². The molecule has 0 radical (unpaired) electrons. The van der Waals surface area contributed by atoms with Crippen LogP contribution >= 0.6 is 11.8 Å². The van der Waals surface area contributed by atoms with Gasteiger partial charge in [0.1, 0.15) is 0 Å². The van der Waals surface area contributed by atoms with Crippen molar-refractivity contribution in [3.8, 4) is 0 Å².